The Balaban J connectivity index is 3.12. The second kappa shape index (κ2) is 11.8. The maximum atomic E-state index is 13.6. The van der Waals surface area contributed by atoms with E-state index in [4.69, 9.17) is 4.74 Å². The van der Waals surface area contributed by atoms with Crippen LogP contribution in [0.2, 0.25) is 0 Å². The molecule has 0 spiro atoms. The van der Waals surface area contributed by atoms with Gasteiger partial charge in [-0.25, -0.2) is 4.79 Å². The molecule has 2 amide bonds. The highest BCUT2D eigenvalue weighted by Crippen LogP contribution is 2.26. The molecule has 4 atom stereocenters. The first-order valence-electron chi connectivity index (χ1n) is 11.8. The standard InChI is InChI=1S/C25H45N3O4/c1-11-32-24(31)18(5)15-19(16(2)3)28(10)23(30)21(25(6,7)8)26-22(29)20-14-17(4)12-13-27(20)9/h15-17,19-21H,11-14H2,1-10H3,(H,26,29)/b18-15+/t17-,19-,20+,21?/m1/s1. The van der Waals surface area contributed by atoms with Crippen molar-refractivity contribution in [2.45, 2.75) is 86.4 Å². The third kappa shape index (κ3) is 7.61. The molecule has 0 bridgehead atoms. The fourth-order valence-corrected chi connectivity index (χ4v) is 4.12. The van der Waals surface area contributed by atoms with Crippen LogP contribution in [0.1, 0.15) is 68.2 Å². The number of carbonyl (C=O) groups excluding carboxylic acids is 3. The summed E-state index contributed by atoms with van der Waals surface area (Å²) in [6.45, 7) is 16.7. The molecule has 0 aromatic carbocycles. The lowest BCUT2D eigenvalue weighted by Crippen LogP contribution is -2.60. The van der Waals surface area contributed by atoms with Crippen LogP contribution in [0.25, 0.3) is 0 Å². The first-order valence-corrected chi connectivity index (χ1v) is 11.8. The Morgan fingerprint density at radius 1 is 1.25 bits per heavy atom. The summed E-state index contributed by atoms with van der Waals surface area (Å²) >= 11 is 0. The molecule has 1 fully saturated rings. The number of amides is 2. The molecule has 0 saturated carbocycles. The van der Waals surface area contributed by atoms with Crippen molar-refractivity contribution in [2.75, 3.05) is 27.2 Å². The molecule has 7 heteroatoms. The van der Waals surface area contributed by atoms with Crippen molar-refractivity contribution in [3.63, 3.8) is 0 Å². The number of likely N-dealkylation sites (N-methyl/N-ethyl adjacent to an activating group) is 2. The highest BCUT2D eigenvalue weighted by molar-refractivity contribution is 5.91. The molecule has 32 heavy (non-hydrogen) atoms. The highest BCUT2D eigenvalue weighted by atomic mass is 16.5. The lowest BCUT2D eigenvalue weighted by Gasteiger charge is -2.40. The summed E-state index contributed by atoms with van der Waals surface area (Å²) in [5, 5.41) is 3.06. The average molecular weight is 452 g/mol. The van der Waals surface area contributed by atoms with Crippen molar-refractivity contribution >= 4 is 17.8 Å². The van der Waals surface area contributed by atoms with Crippen molar-refractivity contribution in [3.05, 3.63) is 11.6 Å². The Labute approximate surface area is 194 Å². The molecule has 7 nitrogen and oxygen atoms in total. The predicted octanol–water partition coefficient (Wildman–Crippen LogP) is 3.24. The lowest BCUT2D eigenvalue weighted by atomic mass is 9.84. The van der Waals surface area contributed by atoms with Gasteiger partial charge in [-0.2, -0.15) is 0 Å². The van der Waals surface area contributed by atoms with Gasteiger partial charge >= 0.3 is 5.97 Å². The van der Waals surface area contributed by atoms with Crippen LogP contribution < -0.4 is 5.32 Å². The molecule has 1 saturated heterocycles. The van der Waals surface area contributed by atoms with Gasteiger partial charge in [-0.3, -0.25) is 14.5 Å². The average Bonchev–Trinajstić information content (AvgIpc) is 2.69. The molecule has 1 N–H and O–H groups in total. The van der Waals surface area contributed by atoms with Crippen LogP contribution in [0.4, 0.5) is 0 Å². The van der Waals surface area contributed by atoms with Crippen LogP contribution in [0, 0.1) is 17.3 Å². The molecule has 1 aliphatic heterocycles. The van der Waals surface area contributed by atoms with Gasteiger partial charge in [-0.1, -0.05) is 47.6 Å². The Bertz CT molecular complexity index is 696. The fourth-order valence-electron chi connectivity index (χ4n) is 4.12. The van der Waals surface area contributed by atoms with Gasteiger partial charge in [0.1, 0.15) is 6.04 Å². The number of carbonyl (C=O) groups is 3. The van der Waals surface area contributed by atoms with Crippen LogP contribution in [0.5, 0.6) is 0 Å². The molecule has 1 rings (SSSR count). The van der Waals surface area contributed by atoms with E-state index in [0.29, 0.717) is 18.1 Å². The zero-order chi connectivity index (χ0) is 24.8. The summed E-state index contributed by atoms with van der Waals surface area (Å²) in [6, 6.07) is -1.21. The van der Waals surface area contributed by atoms with Gasteiger partial charge in [0.2, 0.25) is 11.8 Å². The highest BCUT2D eigenvalue weighted by Gasteiger charge is 2.39. The monoisotopic (exact) mass is 451 g/mol. The van der Waals surface area contributed by atoms with Crippen molar-refractivity contribution in [1.29, 1.82) is 0 Å². The van der Waals surface area contributed by atoms with Gasteiger partial charge in [-0.15, -0.1) is 0 Å². The first-order chi connectivity index (χ1) is 14.7. The van der Waals surface area contributed by atoms with Gasteiger partial charge in [-0.05, 0) is 57.5 Å². The summed E-state index contributed by atoms with van der Waals surface area (Å²) in [5.74, 6) is -0.0807. The van der Waals surface area contributed by atoms with Crippen LogP contribution >= 0.6 is 0 Å². The van der Waals surface area contributed by atoms with Crippen molar-refractivity contribution in [2.24, 2.45) is 17.3 Å². The number of nitrogens with one attached hydrogen (secondary N) is 1. The lowest BCUT2D eigenvalue weighted by molar-refractivity contribution is -0.142. The zero-order valence-electron chi connectivity index (χ0n) is 21.8. The number of piperidine rings is 1. The van der Waals surface area contributed by atoms with E-state index in [1.165, 1.54) is 0 Å². The number of esters is 1. The van der Waals surface area contributed by atoms with E-state index in [1.54, 1.807) is 31.9 Å². The minimum atomic E-state index is -0.678. The zero-order valence-corrected chi connectivity index (χ0v) is 21.8. The number of rotatable bonds is 8. The molecule has 0 aromatic heterocycles. The largest absolute Gasteiger partial charge is 0.463 e. The van der Waals surface area contributed by atoms with Gasteiger partial charge in [0, 0.05) is 12.6 Å². The summed E-state index contributed by atoms with van der Waals surface area (Å²) in [6.07, 6.45) is 3.66. The summed E-state index contributed by atoms with van der Waals surface area (Å²) in [5.41, 5.74) is 0.000687. The number of ether oxygens (including phenoxy) is 1. The smallest absolute Gasteiger partial charge is 0.333 e. The van der Waals surface area contributed by atoms with E-state index in [2.05, 4.69) is 17.1 Å². The molecule has 0 radical (unpaired) electrons. The van der Waals surface area contributed by atoms with E-state index in [0.717, 1.165) is 19.4 Å². The second-order valence-electron chi connectivity index (χ2n) is 10.7. The molecular weight excluding hydrogens is 406 g/mol. The third-order valence-corrected chi connectivity index (χ3v) is 6.33. The maximum Gasteiger partial charge on any atom is 0.333 e. The molecule has 1 heterocycles. The summed E-state index contributed by atoms with van der Waals surface area (Å²) in [7, 11) is 3.70. The normalized spacial score (nSPS) is 22.3. The number of likely N-dealkylation sites (tertiary alicyclic amines) is 1. The minimum absolute atomic E-state index is 0.0787. The van der Waals surface area contributed by atoms with Crippen LogP contribution in [0.3, 0.4) is 0 Å². The number of nitrogens with zero attached hydrogens (tertiary/aromatic N) is 2. The summed E-state index contributed by atoms with van der Waals surface area (Å²) < 4.78 is 5.09. The Morgan fingerprint density at radius 2 is 1.84 bits per heavy atom. The first kappa shape index (κ1) is 28.1. The Kier molecular flexibility index (Phi) is 10.4. The van der Waals surface area contributed by atoms with Crippen molar-refractivity contribution in [3.8, 4) is 0 Å². The maximum absolute atomic E-state index is 13.6. The fraction of sp³-hybridized carbons (Fsp3) is 0.800. The number of hydrogen-bond acceptors (Lipinski definition) is 5. The minimum Gasteiger partial charge on any atom is -0.463 e. The van der Waals surface area contributed by atoms with Gasteiger partial charge in [0.15, 0.2) is 0 Å². The quantitative estimate of drug-likeness (QED) is 0.453. The third-order valence-electron chi connectivity index (χ3n) is 6.33. The van der Waals surface area contributed by atoms with Crippen LogP contribution in [0.15, 0.2) is 11.6 Å². The van der Waals surface area contributed by atoms with Gasteiger partial charge in [0.25, 0.3) is 0 Å². The number of hydrogen-bond donors (Lipinski definition) is 1. The molecule has 1 unspecified atom stereocenters. The predicted molar refractivity (Wildman–Crippen MR) is 128 cm³/mol. The second-order valence-corrected chi connectivity index (χ2v) is 10.7. The van der Waals surface area contributed by atoms with Crippen molar-refractivity contribution < 1.29 is 19.1 Å². The topological polar surface area (TPSA) is 79.0 Å². The molecule has 1 aliphatic rings. The van der Waals surface area contributed by atoms with Crippen molar-refractivity contribution in [1.82, 2.24) is 15.1 Å². The van der Waals surface area contributed by atoms with E-state index >= 15 is 0 Å². The van der Waals surface area contributed by atoms with E-state index in [9.17, 15) is 14.4 Å². The van der Waals surface area contributed by atoms with Gasteiger partial charge < -0.3 is 15.0 Å². The SMILES string of the molecule is CCOC(=O)/C(C)=C/[C@H](C(C)C)N(C)C(=O)C(NC(=O)[C@@H]1C[C@H](C)CCN1C)C(C)(C)C. The van der Waals surface area contributed by atoms with E-state index in [1.807, 2.05) is 41.7 Å². The molecule has 184 valence electrons. The molecule has 0 aliphatic carbocycles. The van der Waals surface area contributed by atoms with E-state index in [-0.39, 0.29) is 35.8 Å². The van der Waals surface area contributed by atoms with Crippen LogP contribution in [-0.2, 0) is 19.1 Å². The molecular formula is C25H45N3O4. The molecule has 0 aromatic rings. The Hall–Kier alpha value is -1.89. The van der Waals surface area contributed by atoms with E-state index < -0.39 is 11.5 Å². The van der Waals surface area contributed by atoms with Gasteiger partial charge in [0.05, 0.1) is 18.7 Å². The van der Waals surface area contributed by atoms with Crippen LogP contribution in [-0.4, -0.2) is 73.0 Å². The summed E-state index contributed by atoms with van der Waals surface area (Å²) in [4.78, 5) is 42.6. The Morgan fingerprint density at radius 3 is 2.34 bits per heavy atom.